The highest BCUT2D eigenvalue weighted by Crippen LogP contribution is 2.46. The SMILES string of the molecule is c1ccc(-c2cccc3c2oc2ccc(-c4ccc(N(c5ccc(-c6ccc7c(c6)c6ccccc6n7-c6ccccc6)cc5)c5cccc6c5sc5ccccc56)cc4)cc23)cc1. The summed E-state index contributed by atoms with van der Waals surface area (Å²) in [6, 6.07) is 83.3. The number of rotatable bonds is 7. The molecule has 13 aromatic rings. The van der Waals surface area contributed by atoms with Gasteiger partial charge in [0.05, 0.1) is 21.4 Å². The number of thiophene rings is 1. The molecule has 4 heteroatoms. The molecule has 0 bridgehead atoms. The predicted octanol–water partition coefficient (Wildman–Crippen LogP) is 17.5. The van der Waals surface area contributed by atoms with E-state index in [-0.39, 0.29) is 0 Å². The summed E-state index contributed by atoms with van der Waals surface area (Å²) in [5.41, 5.74) is 15.7. The molecule has 3 heterocycles. The average molecular weight is 835 g/mol. The van der Waals surface area contributed by atoms with Crippen LogP contribution in [0.2, 0.25) is 0 Å². The lowest BCUT2D eigenvalue weighted by molar-refractivity contribution is 0.670. The van der Waals surface area contributed by atoms with Gasteiger partial charge in [-0.1, -0.05) is 152 Å². The van der Waals surface area contributed by atoms with Crippen LogP contribution in [-0.4, -0.2) is 4.57 Å². The molecule has 0 unspecified atom stereocenters. The van der Waals surface area contributed by atoms with Crippen LogP contribution in [0.15, 0.2) is 235 Å². The number of hydrogen-bond donors (Lipinski definition) is 0. The number of benzene rings is 10. The first-order valence-corrected chi connectivity index (χ1v) is 22.6. The smallest absolute Gasteiger partial charge is 0.143 e. The van der Waals surface area contributed by atoms with E-state index < -0.39 is 0 Å². The monoisotopic (exact) mass is 834 g/mol. The minimum atomic E-state index is 0.892. The number of aromatic nitrogens is 1. The molecule has 3 aromatic heterocycles. The number of hydrogen-bond acceptors (Lipinski definition) is 3. The molecule has 0 aliphatic carbocycles. The Balaban J connectivity index is 0.903. The molecule has 0 atom stereocenters. The molecule has 64 heavy (non-hydrogen) atoms. The molecular weight excluding hydrogens is 797 g/mol. The Morgan fingerprint density at radius 3 is 1.72 bits per heavy atom. The molecule has 13 rings (SSSR count). The van der Waals surface area contributed by atoms with E-state index in [1.165, 1.54) is 53.1 Å². The summed E-state index contributed by atoms with van der Waals surface area (Å²) < 4.78 is 11.4. The van der Waals surface area contributed by atoms with E-state index in [1.54, 1.807) is 0 Å². The second-order valence-corrected chi connectivity index (χ2v) is 17.5. The van der Waals surface area contributed by atoms with Crippen LogP contribution >= 0.6 is 11.3 Å². The standard InChI is InChI=1S/C60H38N2OS/c1-3-13-41(14-4-1)47-19-11-20-50-53-38-43(30-36-57(53)63-59(47)50)40-27-33-46(34-28-40)61(56-23-12-21-51-49-18-8-10-24-58(49)64-60(51)56)45-31-25-39(26-32-45)42-29-35-55-52(37-42)48-17-7-9-22-54(48)62(55)44-15-5-2-6-16-44/h1-38H. The molecule has 0 aliphatic heterocycles. The zero-order valence-corrected chi connectivity index (χ0v) is 35.5. The van der Waals surface area contributed by atoms with Gasteiger partial charge >= 0.3 is 0 Å². The van der Waals surface area contributed by atoms with E-state index in [2.05, 4.69) is 234 Å². The van der Waals surface area contributed by atoms with Crippen molar-refractivity contribution in [2.75, 3.05) is 4.90 Å². The summed E-state index contributed by atoms with van der Waals surface area (Å²) in [7, 11) is 0. The third-order valence-corrected chi connectivity index (χ3v) is 14.0. The number of furan rings is 1. The van der Waals surface area contributed by atoms with Gasteiger partial charge in [0.25, 0.3) is 0 Å². The maximum Gasteiger partial charge on any atom is 0.143 e. The maximum absolute atomic E-state index is 6.52. The topological polar surface area (TPSA) is 21.3 Å². The Hall–Kier alpha value is -8.18. The van der Waals surface area contributed by atoms with E-state index >= 15 is 0 Å². The highest BCUT2D eigenvalue weighted by Gasteiger charge is 2.20. The van der Waals surface area contributed by atoms with Crippen LogP contribution in [0.5, 0.6) is 0 Å². The fraction of sp³-hybridized carbons (Fsp3) is 0. The van der Waals surface area contributed by atoms with Crippen LogP contribution in [0.1, 0.15) is 0 Å². The quantitative estimate of drug-likeness (QED) is 0.159. The van der Waals surface area contributed by atoms with Crippen molar-refractivity contribution >= 4 is 92.3 Å². The zero-order valence-electron chi connectivity index (χ0n) is 34.7. The number of para-hydroxylation sites is 3. The van der Waals surface area contributed by atoms with E-state index in [0.29, 0.717) is 0 Å². The summed E-state index contributed by atoms with van der Waals surface area (Å²) in [4.78, 5) is 2.42. The van der Waals surface area contributed by atoms with Gasteiger partial charge in [0.2, 0.25) is 0 Å². The average Bonchev–Trinajstić information content (AvgIpc) is 4.05. The fourth-order valence-electron chi connectivity index (χ4n) is 9.77. The van der Waals surface area contributed by atoms with Crippen LogP contribution < -0.4 is 4.90 Å². The molecule has 3 nitrogen and oxygen atoms in total. The molecule has 0 aliphatic rings. The second-order valence-electron chi connectivity index (χ2n) is 16.5. The maximum atomic E-state index is 6.52. The van der Waals surface area contributed by atoms with Gasteiger partial charge in [-0.2, -0.15) is 0 Å². The zero-order chi connectivity index (χ0) is 42.1. The van der Waals surface area contributed by atoms with Gasteiger partial charge in [0.15, 0.2) is 0 Å². The van der Waals surface area contributed by atoms with Crippen LogP contribution in [0, 0.1) is 0 Å². The van der Waals surface area contributed by atoms with Crippen LogP contribution in [0.25, 0.3) is 103 Å². The number of anilines is 3. The largest absolute Gasteiger partial charge is 0.455 e. The Bertz CT molecular complexity index is 3880. The molecule has 10 aromatic carbocycles. The molecule has 0 spiro atoms. The Labute approximate surface area is 373 Å². The van der Waals surface area contributed by atoms with Gasteiger partial charge in [0, 0.05) is 59.6 Å². The molecule has 300 valence electrons. The van der Waals surface area contributed by atoms with Crippen LogP contribution in [-0.2, 0) is 0 Å². The predicted molar refractivity (Wildman–Crippen MR) is 272 cm³/mol. The third kappa shape index (κ3) is 5.88. The Morgan fingerprint density at radius 2 is 0.953 bits per heavy atom. The Morgan fingerprint density at radius 1 is 0.375 bits per heavy atom. The molecule has 0 saturated carbocycles. The second kappa shape index (κ2) is 14.7. The van der Waals surface area contributed by atoms with Crippen LogP contribution in [0.3, 0.4) is 0 Å². The van der Waals surface area contributed by atoms with E-state index in [0.717, 1.165) is 66.9 Å². The minimum absolute atomic E-state index is 0.892. The first-order valence-electron chi connectivity index (χ1n) is 21.7. The lowest BCUT2D eigenvalue weighted by Gasteiger charge is -2.26. The summed E-state index contributed by atoms with van der Waals surface area (Å²) in [5.74, 6) is 0. The molecule has 0 amide bonds. The summed E-state index contributed by atoms with van der Waals surface area (Å²) in [6.07, 6.45) is 0. The van der Waals surface area contributed by atoms with Crippen molar-refractivity contribution in [3.8, 4) is 39.1 Å². The van der Waals surface area contributed by atoms with E-state index in [4.69, 9.17) is 4.42 Å². The van der Waals surface area contributed by atoms with Crippen molar-refractivity contribution in [3.63, 3.8) is 0 Å². The lowest BCUT2D eigenvalue weighted by atomic mass is 10.00. The van der Waals surface area contributed by atoms with Crippen molar-refractivity contribution in [2.45, 2.75) is 0 Å². The van der Waals surface area contributed by atoms with Crippen molar-refractivity contribution in [1.82, 2.24) is 4.57 Å². The first-order chi connectivity index (χ1) is 31.7. The lowest BCUT2D eigenvalue weighted by Crippen LogP contribution is -2.10. The van der Waals surface area contributed by atoms with E-state index in [1.807, 2.05) is 17.4 Å². The third-order valence-electron chi connectivity index (χ3n) is 12.8. The van der Waals surface area contributed by atoms with Gasteiger partial charge in [0.1, 0.15) is 11.2 Å². The number of fused-ring (bicyclic) bond motifs is 9. The summed E-state index contributed by atoms with van der Waals surface area (Å²) in [5, 5.41) is 7.30. The van der Waals surface area contributed by atoms with Gasteiger partial charge < -0.3 is 13.9 Å². The molecular formula is C60H38N2OS. The van der Waals surface area contributed by atoms with Gasteiger partial charge in [-0.25, -0.2) is 0 Å². The highest BCUT2D eigenvalue weighted by molar-refractivity contribution is 7.26. The molecule has 0 N–H and O–H groups in total. The van der Waals surface area contributed by atoms with Crippen molar-refractivity contribution < 1.29 is 4.42 Å². The normalized spacial score (nSPS) is 11.8. The van der Waals surface area contributed by atoms with Crippen molar-refractivity contribution in [3.05, 3.63) is 231 Å². The van der Waals surface area contributed by atoms with Gasteiger partial charge in [-0.15, -0.1) is 11.3 Å². The van der Waals surface area contributed by atoms with E-state index in [9.17, 15) is 0 Å². The van der Waals surface area contributed by atoms with Crippen LogP contribution in [0.4, 0.5) is 17.1 Å². The van der Waals surface area contributed by atoms with Gasteiger partial charge in [-0.3, -0.25) is 0 Å². The van der Waals surface area contributed by atoms with Crippen molar-refractivity contribution in [2.24, 2.45) is 0 Å². The highest BCUT2D eigenvalue weighted by atomic mass is 32.1. The van der Waals surface area contributed by atoms with Crippen molar-refractivity contribution in [1.29, 1.82) is 0 Å². The summed E-state index contributed by atoms with van der Waals surface area (Å²) >= 11 is 1.86. The molecule has 0 fully saturated rings. The fourth-order valence-corrected chi connectivity index (χ4v) is 11.0. The molecule has 0 radical (unpaired) electrons. The number of nitrogens with zero attached hydrogens (tertiary/aromatic N) is 2. The Kier molecular flexibility index (Phi) is 8.40. The van der Waals surface area contributed by atoms with Gasteiger partial charge in [-0.05, 0) is 107 Å². The first kappa shape index (κ1) is 36.5. The molecule has 0 saturated heterocycles. The summed E-state index contributed by atoms with van der Waals surface area (Å²) in [6.45, 7) is 0. The minimum Gasteiger partial charge on any atom is -0.455 e.